The van der Waals surface area contributed by atoms with Crippen molar-refractivity contribution < 1.29 is 22.4 Å². The number of carbonyl (C=O) groups is 1. The number of amides is 1. The summed E-state index contributed by atoms with van der Waals surface area (Å²) >= 11 is 5.91. The number of benzene rings is 1. The molecule has 11 heteroatoms. The highest BCUT2D eigenvalue weighted by molar-refractivity contribution is 6.34. The van der Waals surface area contributed by atoms with Crippen molar-refractivity contribution in [1.82, 2.24) is 24.6 Å². The normalized spacial score (nSPS) is 16.5. The van der Waals surface area contributed by atoms with Crippen LogP contribution in [0.4, 0.5) is 17.6 Å². The van der Waals surface area contributed by atoms with Gasteiger partial charge in [-0.3, -0.25) is 4.79 Å². The van der Waals surface area contributed by atoms with E-state index in [1.807, 2.05) is 0 Å². The van der Waals surface area contributed by atoms with E-state index in [1.165, 1.54) is 23.1 Å². The SMILES string of the molecule is CC1Cn2c(nnc2-c2ccc(F)cn2)CN1C(=O)c1cccc(C(F)(F)F)c1Cl. The second-order valence-corrected chi connectivity index (χ2v) is 7.24. The van der Waals surface area contributed by atoms with E-state index in [1.54, 1.807) is 11.5 Å². The standard InChI is InChI=1S/C19H14ClF4N5O/c1-10-8-29-15(26-27-17(29)14-6-5-11(21)7-25-14)9-28(10)18(30)12-3-2-4-13(16(12)20)19(22,23)24/h2-7,10H,8-9H2,1H3. The van der Waals surface area contributed by atoms with Crippen LogP contribution in [0.25, 0.3) is 11.5 Å². The zero-order chi connectivity index (χ0) is 21.6. The van der Waals surface area contributed by atoms with Crippen LogP contribution in [0, 0.1) is 5.82 Å². The van der Waals surface area contributed by atoms with Gasteiger partial charge in [0.25, 0.3) is 5.91 Å². The van der Waals surface area contributed by atoms with E-state index < -0.39 is 28.5 Å². The Balaban J connectivity index is 1.65. The molecular formula is C19H14ClF4N5O. The van der Waals surface area contributed by atoms with Crippen LogP contribution in [0.2, 0.25) is 5.02 Å². The van der Waals surface area contributed by atoms with E-state index in [0.717, 1.165) is 18.3 Å². The molecule has 2 aromatic heterocycles. The lowest BCUT2D eigenvalue weighted by atomic mass is 10.1. The topological polar surface area (TPSA) is 63.9 Å². The quantitative estimate of drug-likeness (QED) is 0.561. The molecule has 0 aliphatic carbocycles. The third-order valence-corrected chi connectivity index (χ3v) is 5.28. The minimum Gasteiger partial charge on any atom is -0.327 e. The van der Waals surface area contributed by atoms with Crippen LogP contribution in [0.1, 0.15) is 28.7 Å². The van der Waals surface area contributed by atoms with Crippen molar-refractivity contribution in [3.05, 3.63) is 64.3 Å². The number of fused-ring (bicyclic) bond motifs is 1. The molecule has 6 nitrogen and oxygen atoms in total. The molecule has 0 saturated carbocycles. The lowest BCUT2D eigenvalue weighted by Crippen LogP contribution is -2.45. The first-order chi connectivity index (χ1) is 14.2. The van der Waals surface area contributed by atoms with Crippen molar-refractivity contribution >= 4 is 17.5 Å². The molecule has 0 saturated heterocycles. The maximum atomic E-state index is 13.1. The highest BCUT2D eigenvalue weighted by Crippen LogP contribution is 2.37. The van der Waals surface area contributed by atoms with Gasteiger partial charge in [-0.05, 0) is 31.2 Å². The van der Waals surface area contributed by atoms with E-state index in [4.69, 9.17) is 11.6 Å². The lowest BCUT2D eigenvalue weighted by molar-refractivity contribution is -0.137. The van der Waals surface area contributed by atoms with Crippen molar-refractivity contribution in [2.75, 3.05) is 0 Å². The van der Waals surface area contributed by atoms with Crippen LogP contribution in [-0.2, 0) is 19.3 Å². The number of halogens is 5. The molecular weight excluding hydrogens is 426 g/mol. The van der Waals surface area contributed by atoms with Gasteiger partial charge in [0.15, 0.2) is 11.6 Å². The predicted octanol–water partition coefficient (Wildman–Crippen LogP) is 4.20. The molecule has 0 bridgehead atoms. The zero-order valence-electron chi connectivity index (χ0n) is 15.5. The molecule has 3 aromatic rings. The second kappa shape index (κ2) is 7.35. The van der Waals surface area contributed by atoms with Gasteiger partial charge in [-0.2, -0.15) is 13.2 Å². The van der Waals surface area contributed by atoms with Gasteiger partial charge >= 0.3 is 6.18 Å². The summed E-state index contributed by atoms with van der Waals surface area (Å²) in [6.45, 7) is 2.07. The van der Waals surface area contributed by atoms with Crippen LogP contribution < -0.4 is 0 Å². The molecule has 1 aromatic carbocycles. The average Bonchev–Trinajstić information content (AvgIpc) is 3.09. The fourth-order valence-electron chi connectivity index (χ4n) is 3.36. The Kier molecular flexibility index (Phi) is 4.97. The van der Waals surface area contributed by atoms with Crippen molar-refractivity contribution in [2.45, 2.75) is 32.2 Å². The molecule has 0 spiro atoms. The Morgan fingerprint density at radius 2 is 1.97 bits per heavy atom. The third kappa shape index (κ3) is 3.51. The van der Waals surface area contributed by atoms with Crippen LogP contribution in [0.5, 0.6) is 0 Å². The average molecular weight is 440 g/mol. The van der Waals surface area contributed by atoms with Gasteiger partial charge in [0, 0.05) is 12.6 Å². The van der Waals surface area contributed by atoms with E-state index in [9.17, 15) is 22.4 Å². The molecule has 0 fully saturated rings. The Morgan fingerprint density at radius 1 is 1.20 bits per heavy atom. The second-order valence-electron chi connectivity index (χ2n) is 6.86. The summed E-state index contributed by atoms with van der Waals surface area (Å²) in [4.78, 5) is 18.4. The monoisotopic (exact) mass is 439 g/mol. The molecule has 1 amide bonds. The van der Waals surface area contributed by atoms with Crippen LogP contribution in [0.3, 0.4) is 0 Å². The van der Waals surface area contributed by atoms with E-state index >= 15 is 0 Å². The Labute approximate surface area is 173 Å². The van der Waals surface area contributed by atoms with E-state index in [0.29, 0.717) is 23.9 Å². The molecule has 4 rings (SSSR count). The Morgan fingerprint density at radius 3 is 2.63 bits per heavy atom. The number of aromatic nitrogens is 4. The number of hydrogen-bond donors (Lipinski definition) is 0. The number of rotatable bonds is 2. The smallest absolute Gasteiger partial charge is 0.327 e. The number of nitrogens with zero attached hydrogens (tertiary/aromatic N) is 5. The number of hydrogen-bond acceptors (Lipinski definition) is 4. The first kappa shape index (κ1) is 20.3. The van der Waals surface area contributed by atoms with Crippen LogP contribution >= 0.6 is 11.6 Å². The Hall–Kier alpha value is -3.01. The molecule has 1 aliphatic heterocycles. The van der Waals surface area contributed by atoms with Gasteiger partial charge in [0.2, 0.25) is 0 Å². The van der Waals surface area contributed by atoms with E-state index in [2.05, 4.69) is 15.2 Å². The van der Waals surface area contributed by atoms with Crippen LogP contribution in [0.15, 0.2) is 36.5 Å². The first-order valence-electron chi connectivity index (χ1n) is 8.87. The van der Waals surface area contributed by atoms with E-state index in [-0.39, 0.29) is 18.2 Å². The maximum Gasteiger partial charge on any atom is 0.417 e. The summed E-state index contributed by atoms with van der Waals surface area (Å²) in [7, 11) is 0. The van der Waals surface area contributed by atoms with Crippen molar-refractivity contribution in [3.8, 4) is 11.5 Å². The van der Waals surface area contributed by atoms with Crippen molar-refractivity contribution in [3.63, 3.8) is 0 Å². The summed E-state index contributed by atoms with van der Waals surface area (Å²) in [6, 6.07) is 5.58. The van der Waals surface area contributed by atoms with Crippen molar-refractivity contribution in [2.24, 2.45) is 0 Å². The molecule has 1 aliphatic rings. The molecule has 0 N–H and O–H groups in total. The number of alkyl halides is 3. The van der Waals surface area contributed by atoms with Gasteiger partial charge < -0.3 is 9.47 Å². The number of pyridine rings is 1. The van der Waals surface area contributed by atoms with Crippen molar-refractivity contribution in [1.29, 1.82) is 0 Å². The first-order valence-corrected chi connectivity index (χ1v) is 9.25. The molecule has 30 heavy (non-hydrogen) atoms. The zero-order valence-corrected chi connectivity index (χ0v) is 16.2. The van der Waals surface area contributed by atoms with Gasteiger partial charge in [-0.25, -0.2) is 9.37 Å². The summed E-state index contributed by atoms with van der Waals surface area (Å²) in [6.07, 6.45) is -3.60. The summed E-state index contributed by atoms with van der Waals surface area (Å²) < 4.78 is 54.3. The van der Waals surface area contributed by atoms with Gasteiger partial charge in [-0.15, -0.1) is 10.2 Å². The fourth-order valence-corrected chi connectivity index (χ4v) is 3.67. The largest absolute Gasteiger partial charge is 0.417 e. The molecule has 1 unspecified atom stereocenters. The third-order valence-electron chi connectivity index (χ3n) is 4.87. The molecule has 3 heterocycles. The summed E-state index contributed by atoms with van der Waals surface area (Å²) in [5.74, 6) is -0.263. The van der Waals surface area contributed by atoms with Crippen LogP contribution in [-0.4, -0.2) is 36.6 Å². The summed E-state index contributed by atoms with van der Waals surface area (Å²) in [5, 5.41) is 7.51. The minimum atomic E-state index is -4.67. The number of carbonyl (C=O) groups excluding carboxylic acids is 1. The molecule has 0 radical (unpaired) electrons. The van der Waals surface area contributed by atoms with Gasteiger partial charge in [-0.1, -0.05) is 17.7 Å². The highest BCUT2D eigenvalue weighted by Gasteiger charge is 2.37. The molecule has 156 valence electrons. The predicted molar refractivity (Wildman–Crippen MR) is 99.0 cm³/mol. The molecule has 1 atom stereocenters. The lowest BCUT2D eigenvalue weighted by Gasteiger charge is -2.34. The maximum absolute atomic E-state index is 13.1. The van der Waals surface area contributed by atoms with Gasteiger partial charge in [0.1, 0.15) is 11.5 Å². The minimum absolute atomic E-state index is 0.0285. The van der Waals surface area contributed by atoms with Gasteiger partial charge in [0.05, 0.1) is 28.9 Å². The fraction of sp³-hybridized carbons (Fsp3) is 0.263. The summed E-state index contributed by atoms with van der Waals surface area (Å²) in [5.41, 5.74) is -0.873. The Bertz CT molecular complexity index is 1110. The highest BCUT2D eigenvalue weighted by atomic mass is 35.5.